The molecule has 350 valence electrons. The van der Waals surface area contributed by atoms with E-state index in [2.05, 4.69) is 278 Å². The first-order valence-electron chi connectivity index (χ1n) is 25.9. The Labute approximate surface area is 435 Å². The summed E-state index contributed by atoms with van der Waals surface area (Å²) in [6.45, 7) is 0. The molecule has 0 saturated carbocycles. The van der Waals surface area contributed by atoms with Crippen LogP contribution in [-0.4, -0.2) is 0 Å². The Morgan fingerprint density at radius 1 is 0.253 bits per heavy atom. The van der Waals surface area contributed by atoms with Crippen molar-refractivity contribution in [3.8, 4) is 67.5 Å². The van der Waals surface area contributed by atoms with Gasteiger partial charge >= 0.3 is 0 Å². The average Bonchev–Trinajstić information content (AvgIpc) is 4.15. The van der Waals surface area contributed by atoms with Crippen LogP contribution in [0.2, 0.25) is 0 Å². The van der Waals surface area contributed by atoms with Gasteiger partial charge in [0.2, 0.25) is 0 Å². The van der Waals surface area contributed by atoms with Gasteiger partial charge in [-0.25, -0.2) is 0 Å². The summed E-state index contributed by atoms with van der Waals surface area (Å²) in [4.78, 5) is 2.50. The minimum absolute atomic E-state index is 0.619. The summed E-state index contributed by atoms with van der Waals surface area (Å²) in [5, 5.41) is 2.35. The fraction of sp³-hybridized carbons (Fsp3) is 0.0278. The van der Waals surface area contributed by atoms with Crippen molar-refractivity contribution in [3.63, 3.8) is 0 Å². The van der Waals surface area contributed by atoms with Crippen LogP contribution in [0.1, 0.15) is 44.5 Å². The van der Waals surface area contributed by atoms with E-state index in [0.29, 0.717) is 0 Å². The van der Waals surface area contributed by atoms with E-state index in [9.17, 15) is 0 Å². The summed E-state index contributed by atoms with van der Waals surface area (Å²) in [6.07, 6.45) is 0. The number of anilines is 3. The number of ether oxygens (including phenoxy) is 2. The van der Waals surface area contributed by atoms with E-state index in [4.69, 9.17) is 9.47 Å². The van der Waals surface area contributed by atoms with Crippen molar-refractivity contribution in [1.29, 1.82) is 0 Å². The number of nitrogens with zero attached hydrogens (tertiary/aromatic N) is 1. The molecule has 3 heteroatoms. The van der Waals surface area contributed by atoms with Crippen molar-refractivity contribution in [2.45, 2.75) is 10.8 Å². The number of para-hydroxylation sites is 3. The molecule has 0 amide bonds. The second-order valence-corrected chi connectivity index (χ2v) is 20.2. The molecule has 16 rings (SSSR count). The van der Waals surface area contributed by atoms with Crippen LogP contribution in [0.15, 0.2) is 273 Å². The highest BCUT2D eigenvalue weighted by atomic mass is 16.5. The summed E-state index contributed by atoms with van der Waals surface area (Å²) in [7, 11) is 0. The Kier molecular flexibility index (Phi) is 8.88. The van der Waals surface area contributed by atoms with Gasteiger partial charge in [0.05, 0.1) is 16.5 Å². The van der Waals surface area contributed by atoms with Crippen LogP contribution < -0.4 is 14.4 Å². The number of fused-ring (bicyclic) bond motifs is 19. The lowest BCUT2D eigenvalue weighted by atomic mass is 9.66. The summed E-state index contributed by atoms with van der Waals surface area (Å²) in [5.41, 5.74) is 21.2. The van der Waals surface area contributed by atoms with Crippen LogP contribution in [0, 0.1) is 0 Å². The monoisotopic (exact) mass is 955 g/mol. The van der Waals surface area contributed by atoms with Gasteiger partial charge in [-0.2, -0.15) is 0 Å². The highest BCUT2D eigenvalue weighted by molar-refractivity contribution is 6.00. The van der Waals surface area contributed by atoms with Crippen molar-refractivity contribution in [1.82, 2.24) is 0 Å². The minimum atomic E-state index is -0.621. The number of benzene rings is 12. The first-order chi connectivity index (χ1) is 37.2. The predicted molar refractivity (Wildman–Crippen MR) is 304 cm³/mol. The second kappa shape index (κ2) is 15.9. The molecule has 0 N–H and O–H groups in total. The van der Waals surface area contributed by atoms with Crippen LogP contribution in [0.5, 0.6) is 23.0 Å². The van der Waals surface area contributed by atoms with Crippen molar-refractivity contribution in [2.24, 2.45) is 0 Å². The largest absolute Gasteiger partial charge is 0.457 e. The highest BCUT2D eigenvalue weighted by Crippen LogP contribution is 2.66. The van der Waals surface area contributed by atoms with Crippen molar-refractivity contribution >= 4 is 27.8 Å². The van der Waals surface area contributed by atoms with Crippen molar-refractivity contribution < 1.29 is 9.47 Å². The van der Waals surface area contributed by atoms with Gasteiger partial charge in [0.1, 0.15) is 23.0 Å². The highest BCUT2D eigenvalue weighted by Gasteiger charge is 2.53. The van der Waals surface area contributed by atoms with Gasteiger partial charge in [0.15, 0.2) is 0 Å². The Hall–Kier alpha value is -9.70. The van der Waals surface area contributed by atoms with Crippen LogP contribution in [-0.2, 0) is 10.8 Å². The average molecular weight is 956 g/mol. The molecular weight excluding hydrogens is 911 g/mol. The first kappa shape index (κ1) is 41.9. The summed E-state index contributed by atoms with van der Waals surface area (Å²) < 4.78 is 13.6. The summed E-state index contributed by atoms with van der Waals surface area (Å²) in [5.74, 6) is 3.53. The molecule has 1 unspecified atom stereocenters. The van der Waals surface area contributed by atoms with Gasteiger partial charge in [0.25, 0.3) is 0 Å². The molecule has 3 nitrogen and oxygen atoms in total. The van der Waals surface area contributed by atoms with Gasteiger partial charge in [-0.05, 0) is 133 Å². The smallest absolute Gasteiger partial charge is 0.132 e. The molecule has 4 aliphatic rings. The van der Waals surface area contributed by atoms with Crippen molar-refractivity contribution in [3.05, 3.63) is 317 Å². The molecule has 2 aliphatic heterocycles. The zero-order valence-corrected chi connectivity index (χ0v) is 40.7. The molecule has 75 heavy (non-hydrogen) atoms. The maximum atomic E-state index is 6.89. The van der Waals surface area contributed by atoms with E-state index in [-0.39, 0.29) is 0 Å². The lowest BCUT2D eigenvalue weighted by Gasteiger charge is -2.40. The first-order valence-corrected chi connectivity index (χ1v) is 25.9. The third-order valence-corrected chi connectivity index (χ3v) is 16.6. The Bertz CT molecular complexity index is 4260. The summed E-state index contributed by atoms with van der Waals surface area (Å²) >= 11 is 0. The third kappa shape index (κ3) is 5.81. The number of hydrogen-bond acceptors (Lipinski definition) is 3. The van der Waals surface area contributed by atoms with E-state index < -0.39 is 10.8 Å². The zero-order chi connectivity index (χ0) is 49.2. The van der Waals surface area contributed by atoms with E-state index in [1.165, 1.54) is 66.6 Å². The fourth-order valence-corrected chi connectivity index (χ4v) is 13.5. The Morgan fingerprint density at radius 2 is 0.693 bits per heavy atom. The van der Waals surface area contributed by atoms with Crippen molar-refractivity contribution in [2.75, 3.05) is 4.90 Å². The van der Waals surface area contributed by atoms with E-state index >= 15 is 0 Å². The molecule has 0 saturated heterocycles. The Morgan fingerprint density at radius 3 is 1.33 bits per heavy atom. The minimum Gasteiger partial charge on any atom is -0.457 e. The molecule has 2 aliphatic carbocycles. The van der Waals surface area contributed by atoms with Gasteiger partial charge in [-0.1, -0.05) is 212 Å². The van der Waals surface area contributed by atoms with Crippen LogP contribution in [0.3, 0.4) is 0 Å². The fourth-order valence-electron chi connectivity index (χ4n) is 13.5. The quantitative estimate of drug-likeness (QED) is 0.172. The second-order valence-electron chi connectivity index (χ2n) is 20.2. The molecule has 12 aromatic carbocycles. The standard InChI is InChI=1S/C72H45NO2/c1-2-17-46(18-3-1)47-33-35-48(36-34-47)49-37-39-52(40-38-49)73(65-29-16-28-63-70(65)55-22-7-9-24-58(55)72(63)61-26-11-13-30-66(61)74-67-31-14-12-27-62(67)72)53-41-42-59-56(45-53)54-21-6-8-23-57(54)71(59)60-25-10-15-32-68(60)75-69-44-51-20-5-4-19-50(51)43-64(69)71/h1-45H. The number of hydrogen-bond donors (Lipinski definition) is 0. The van der Waals surface area contributed by atoms with E-state index in [0.717, 1.165) is 73.3 Å². The molecule has 12 aromatic rings. The lowest BCUT2D eigenvalue weighted by molar-refractivity contribution is 0.436. The van der Waals surface area contributed by atoms with Gasteiger partial charge in [-0.15, -0.1) is 0 Å². The van der Waals surface area contributed by atoms with Crippen LogP contribution >= 0.6 is 0 Å². The number of rotatable bonds is 5. The van der Waals surface area contributed by atoms with Gasteiger partial charge in [0, 0.05) is 39.2 Å². The molecular formula is C72H45NO2. The van der Waals surface area contributed by atoms with E-state index in [1.807, 2.05) is 0 Å². The molecule has 0 bridgehead atoms. The molecule has 0 aromatic heterocycles. The third-order valence-electron chi connectivity index (χ3n) is 16.6. The molecule has 2 heterocycles. The maximum absolute atomic E-state index is 6.89. The predicted octanol–water partition coefficient (Wildman–Crippen LogP) is 18.6. The topological polar surface area (TPSA) is 21.7 Å². The maximum Gasteiger partial charge on any atom is 0.132 e. The lowest BCUT2D eigenvalue weighted by Crippen LogP contribution is -2.32. The zero-order valence-electron chi connectivity index (χ0n) is 40.7. The normalized spacial score (nSPS) is 15.3. The van der Waals surface area contributed by atoms with Crippen LogP contribution in [0.4, 0.5) is 17.1 Å². The molecule has 0 fully saturated rings. The van der Waals surface area contributed by atoms with E-state index in [1.54, 1.807) is 0 Å². The van der Waals surface area contributed by atoms with Crippen LogP contribution in [0.25, 0.3) is 55.3 Å². The van der Waals surface area contributed by atoms with Gasteiger partial charge < -0.3 is 14.4 Å². The van der Waals surface area contributed by atoms with Gasteiger partial charge in [-0.3, -0.25) is 0 Å². The summed E-state index contributed by atoms with van der Waals surface area (Å²) in [6, 6.07) is 100.0. The molecule has 0 radical (unpaired) electrons. The molecule has 1 atom stereocenters. The SMILES string of the molecule is c1ccc(-c2ccc(-c3ccc(N(c4ccc5c(c4)-c4ccccc4C54c5ccccc5Oc5cc6ccccc6cc54)c4cccc5c4-c4ccccc4C54c5ccccc5Oc5ccccc54)cc3)cc2)cc1. The Balaban J connectivity index is 0.937. The molecule has 2 spiro atoms.